The molecule has 0 fully saturated rings. The molecular formula is C5H9N3O2. The van der Waals surface area contributed by atoms with Crippen LogP contribution < -0.4 is 5.73 Å². The first-order chi connectivity index (χ1) is 4.91. The van der Waals surface area contributed by atoms with Crippen LogP contribution in [0, 0.1) is 0 Å². The number of aliphatic imine (C=N–C) groups is 2. The van der Waals surface area contributed by atoms with Gasteiger partial charge in [-0.15, -0.1) is 0 Å². The Labute approximate surface area is 58.6 Å². The molecule has 0 amide bonds. The molecule has 0 aliphatic heterocycles. The van der Waals surface area contributed by atoms with Gasteiger partial charge in [0, 0.05) is 6.54 Å². The maximum Gasteiger partial charge on any atom is 0.236 e. The fourth-order valence-corrected chi connectivity index (χ4v) is 0.276. The number of rotatable bonds is 5. The van der Waals surface area contributed by atoms with Gasteiger partial charge in [-0.25, -0.2) is 9.79 Å². The predicted octanol–water partition coefficient (Wildman–Crippen LogP) is -0.717. The van der Waals surface area contributed by atoms with Gasteiger partial charge in [0.25, 0.3) is 0 Å². The van der Waals surface area contributed by atoms with Crippen LogP contribution in [0.15, 0.2) is 9.98 Å². The zero-order chi connectivity index (χ0) is 7.66. The van der Waals surface area contributed by atoms with E-state index in [1.165, 1.54) is 12.5 Å². The molecule has 0 saturated carbocycles. The second-order valence-corrected chi connectivity index (χ2v) is 1.34. The lowest BCUT2D eigenvalue weighted by Crippen LogP contribution is -2.07. The van der Waals surface area contributed by atoms with Crippen LogP contribution in [0.2, 0.25) is 0 Å². The van der Waals surface area contributed by atoms with Gasteiger partial charge in [0.05, 0.1) is 0 Å². The van der Waals surface area contributed by atoms with Gasteiger partial charge in [-0.05, 0) is 0 Å². The van der Waals surface area contributed by atoms with Gasteiger partial charge in [-0.1, -0.05) is 0 Å². The van der Waals surface area contributed by atoms with Crippen LogP contribution >= 0.6 is 0 Å². The summed E-state index contributed by atoms with van der Waals surface area (Å²) in [5.74, 6) is 0. The van der Waals surface area contributed by atoms with Crippen LogP contribution in [-0.4, -0.2) is 32.3 Å². The Hall–Kier alpha value is -1.19. The molecule has 0 aliphatic carbocycles. The Kier molecular flexibility index (Phi) is 6.88. The number of hydrogen-bond acceptors (Lipinski definition) is 5. The van der Waals surface area contributed by atoms with E-state index in [4.69, 9.17) is 10.5 Å². The van der Waals surface area contributed by atoms with Crippen LogP contribution in [0.25, 0.3) is 0 Å². The van der Waals surface area contributed by atoms with Crippen molar-refractivity contribution < 1.29 is 9.53 Å². The van der Waals surface area contributed by atoms with E-state index in [0.29, 0.717) is 13.2 Å². The molecule has 5 heteroatoms. The summed E-state index contributed by atoms with van der Waals surface area (Å²) in [6, 6.07) is 0. The quantitative estimate of drug-likeness (QED) is 0.239. The van der Waals surface area contributed by atoms with E-state index in [9.17, 15) is 4.79 Å². The first-order valence-corrected chi connectivity index (χ1v) is 2.75. The monoisotopic (exact) mass is 143 g/mol. The number of carbonyl (C=O) groups excluding carboxylic acids is 1. The predicted molar refractivity (Wildman–Crippen MR) is 36.5 cm³/mol. The number of ether oxygens (including phenoxy) is 1. The molecule has 0 aromatic heterocycles. The molecule has 0 aromatic carbocycles. The van der Waals surface area contributed by atoms with Crippen LogP contribution in [0.3, 0.4) is 0 Å². The fraction of sp³-hybridized carbons (Fsp3) is 0.600. The Morgan fingerprint density at radius 1 is 1.70 bits per heavy atom. The van der Waals surface area contributed by atoms with Crippen molar-refractivity contribution in [1.82, 2.24) is 0 Å². The maximum absolute atomic E-state index is 9.47. The minimum Gasteiger partial charge on any atom is -0.482 e. The Morgan fingerprint density at radius 3 is 3.10 bits per heavy atom. The third kappa shape index (κ3) is 6.81. The molecule has 0 saturated heterocycles. The first kappa shape index (κ1) is 8.81. The fourth-order valence-electron chi connectivity index (χ4n) is 0.276. The molecule has 5 nitrogen and oxygen atoms in total. The molecular weight excluding hydrogens is 134 g/mol. The zero-order valence-electron chi connectivity index (χ0n) is 5.49. The molecule has 0 radical (unpaired) electrons. The van der Waals surface area contributed by atoms with E-state index in [-0.39, 0.29) is 6.67 Å². The van der Waals surface area contributed by atoms with Crippen molar-refractivity contribution in [3.63, 3.8) is 0 Å². The molecule has 10 heavy (non-hydrogen) atoms. The SMILES string of the molecule is NCCOC=NCN=C=O. The Morgan fingerprint density at radius 2 is 2.50 bits per heavy atom. The van der Waals surface area contributed by atoms with Crippen molar-refractivity contribution >= 4 is 12.5 Å². The van der Waals surface area contributed by atoms with Gasteiger partial charge in [0.2, 0.25) is 6.08 Å². The summed E-state index contributed by atoms with van der Waals surface area (Å²) in [6.07, 6.45) is 2.56. The molecule has 0 heterocycles. The molecule has 2 N–H and O–H groups in total. The molecule has 0 atom stereocenters. The van der Waals surface area contributed by atoms with E-state index in [2.05, 4.69) is 9.98 Å². The lowest BCUT2D eigenvalue weighted by molar-refractivity contribution is 0.330. The third-order valence-corrected chi connectivity index (χ3v) is 0.602. The van der Waals surface area contributed by atoms with E-state index >= 15 is 0 Å². The highest BCUT2D eigenvalue weighted by Crippen LogP contribution is 1.69. The Balaban J connectivity index is 3.11. The van der Waals surface area contributed by atoms with Crippen LogP contribution in [0.1, 0.15) is 0 Å². The van der Waals surface area contributed by atoms with Gasteiger partial charge in [0.15, 0.2) is 6.40 Å². The van der Waals surface area contributed by atoms with Crippen molar-refractivity contribution in [2.75, 3.05) is 19.8 Å². The topological polar surface area (TPSA) is 77.0 Å². The van der Waals surface area contributed by atoms with Gasteiger partial charge in [-0.3, -0.25) is 0 Å². The van der Waals surface area contributed by atoms with Gasteiger partial charge in [-0.2, -0.15) is 4.99 Å². The molecule has 0 aromatic rings. The second kappa shape index (κ2) is 7.81. The maximum atomic E-state index is 9.47. The zero-order valence-corrected chi connectivity index (χ0v) is 5.49. The van der Waals surface area contributed by atoms with Gasteiger partial charge < -0.3 is 10.5 Å². The average molecular weight is 143 g/mol. The number of isocyanates is 1. The van der Waals surface area contributed by atoms with Crippen molar-refractivity contribution in [3.05, 3.63) is 0 Å². The third-order valence-electron chi connectivity index (χ3n) is 0.602. The average Bonchev–Trinajstić information content (AvgIpc) is 1.97. The lowest BCUT2D eigenvalue weighted by Gasteiger charge is -1.92. The number of nitrogens with zero attached hydrogens (tertiary/aromatic N) is 2. The van der Waals surface area contributed by atoms with Crippen molar-refractivity contribution in [1.29, 1.82) is 0 Å². The molecule has 0 bridgehead atoms. The van der Waals surface area contributed by atoms with Gasteiger partial charge in [0.1, 0.15) is 13.3 Å². The molecule has 0 unspecified atom stereocenters. The molecule has 0 spiro atoms. The smallest absolute Gasteiger partial charge is 0.236 e. The van der Waals surface area contributed by atoms with Crippen LogP contribution in [-0.2, 0) is 9.53 Å². The van der Waals surface area contributed by atoms with E-state index < -0.39 is 0 Å². The molecule has 56 valence electrons. The van der Waals surface area contributed by atoms with Crippen molar-refractivity contribution in [3.8, 4) is 0 Å². The largest absolute Gasteiger partial charge is 0.482 e. The summed E-state index contributed by atoms with van der Waals surface area (Å²) in [7, 11) is 0. The van der Waals surface area contributed by atoms with E-state index in [1.54, 1.807) is 0 Å². The highest BCUT2D eigenvalue weighted by atomic mass is 16.5. The molecule has 0 aliphatic rings. The summed E-state index contributed by atoms with van der Waals surface area (Å²) in [6.45, 7) is 0.936. The second-order valence-electron chi connectivity index (χ2n) is 1.34. The lowest BCUT2D eigenvalue weighted by atomic mass is 10.7. The Bertz CT molecular complexity index is 140. The summed E-state index contributed by atoms with van der Waals surface area (Å²) in [4.78, 5) is 16.2. The van der Waals surface area contributed by atoms with E-state index in [0.717, 1.165) is 0 Å². The van der Waals surface area contributed by atoms with E-state index in [1.807, 2.05) is 0 Å². The number of hydrogen-bond donors (Lipinski definition) is 1. The minimum atomic E-state index is 0.0636. The highest BCUT2D eigenvalue weighted by Gasteiger charge is 1.74. The first-order valence-electron chi connectivity index (χ1n) is 2.75. The molecule has 0 rings (SSSR count). The van der Waals surface area contributed by atoms with Gasteiger partial charge >= 0.3 is 0 Å². The van der Waals surface area contributed by atoms with Crippen LogP contribution in [0.4, 0.5) is 0 Å². The van der Waals surface area contributed by atoms with Crippen molar-refractivity contribution in [2.24, 2.45) is 15.7 Å². The number of nitrogens with two attached hydrogens (primary N) is 1. The summed E-state index contributed by atoms with van der Waals surface area (Å²) in [5.41, 5.74) is 5.10. The minimum absolute atomic E-state index is 0.0636. The van der Waals surface area contributed by atoms with Crippen LogP contribution in [0.5, 0.6) is 0 Å². The summed E-state index contributed by atoms with van der Waals surface area (Å²) < 4.78 is 4.72. The van der Waals surface area contributed by atoms with Crippen molar-refractivity contribution in [2.45, 2.75) is 0 Å². The normalized spacial score (nSPS) is 9.30. The summed E-state index contributed by atoms with van der Waals surface area (Å²) in [5, 5.41) is 0. The highest BCUT2D eigenvalue weighted by molar-refractivity contribution is 5.46. The summed E-state index contributed by atoms with van der Waals surface area (Å²) >= 11 is 0. The standard InChI is InChI=1S/C5H9N3O2/c6-1-2-10-5-8-3-7-4-9/h5H,1-3,6H2.